The Morgan fingerprint density at radius 1 is 1.00 bits per heavy atom. The van der Waals surface area contributed by atoms with Gasteiger partial charge in [-0.05, 0) is 28.1 Å². The van der Waals surface area contributed by atoms with E-state index in [2.05, 4.69) is 25.9 Å². The van der Waals surface area contributed by atoms with Gasteiger partial charge >= 0.3 is 0 Å². The summed E-state index contributed by atoms with van der Waals surface area (Å²) >= 11 is 0. The van der Waals surface area contributed by atoms with Gasteiger partial charge in [0, 0.05) is 17.3 Å². The van der Waals surface area contributed by atoms with Crippen LogP contribution in [0.2, 0.25) is 0 Å². The van der Waals surface area contributed by atoms with E-state index in [-0.39, 0.29) is 5.82 Å². The molecule has 108 valence electrons. The van der Waals surface area contributed by atoms with E-state index < -0.39 is 0 Å². The molecule has 22 heavy (non-hydrogen) atoms. The van der Waals surface area contributed by atoms with Crippen LogP contribution in [0, 0.1) is 5.82 Å². The van der Waals surface area contributed by atoms with Crippen LogP contribution >= 0.6 is 0 Å². The number of nitrogens with one attached hydrogen (secondary N) is 1. The molecule has 7 heteroatoms. The highest BCUT2D eigenvalue weighted by molar-refractivity contribution is 5.99. The van der Waals surface area contributed by atoms with Gasteiger partial charge in [-0.15, -0.1) is 14.8 Å². The number of halogens is 1. The maximum absolute atomic E-state index is 12.9. The molecule has 1 N–H and O–H groups in total. The quantitative estimate of drug-likeness (QED) is 0.628. The van der Waals surface area contributed by atoms with Gasteiger partial charge < -0.3 is 5.32 Å². The summed E-state index contributed by atoms with van der Waals surface area (Å²) in [7, 11) is 0. The Morgan fingerprint density at radius 2 is 1.77 bits per heavy atom. The van der Waals surface area contributed by atoms with Gasteiger partial charge in [0.15, 0.2) is 5.82 Å². The lowest BCUT2D eigenvalue weighted by Crippen LogP contribution is -2.06. The molecule has 4 rings (SSSR count). The summed E-state index contributed by atoms with van der Waals surface area (Å²) in [6, 6.07) is 14.1. The highest BCUT2D eigenvalue weighted by Gasteiger charge is 2.10. The van der Waals surface area contributed by atoms with Gasteiger partial charge in [0.1, 0.15) is 5.82 Å². The molecule has 6 nitrogen and oxygen atoms in total. The van der Waals surface area contributed by atoms with Crippen LogP contribution in [0.15, 0.2) is 48.5 Å². The smallest absolute Gasteiger partial charge is 0.207 e. The number of anilines is 1. The van der Waals surface area contributed by atoms with Gasteiger partial charge in [-0.3, -0.25) is 0 Å². The first kappa shape index (κ1) is 12.6. The van der Waals surface area contributed by atoms with Crippen molar-refractivity contribution in [2.45, 2.75) is 6.54 Å². The summed E-state index contributed by atoms with van der Waals surface area (Å²) in [6.45, 7) is 0.533. The molecular formula is C15H11FN6. The van der Waals surface area contributed by atoms with Gasteiger partial charge in [-0.25, -0.2) is 4.39 Å². The largest absolute Gasteiger partial charge is 0.364 e. The Kier molecular flexibility index (Phi) is 2.89. The van der Waals surface area contributed by atoms with E-state index in [4.69, 9.17) is 0 Å². The van der Waals surface area contributed by atoms with Gasteiger partial charge in [0.2, 0.25) is 5.65 Å². The fraction of sp³-hybridized carbons (Fsp3) is 0.0667. The number of fused-ring (bicyclic) bond motifs is 3. The van der Waals surface area contributed by atoms with Crippen molar-refractivity contribution in [1.82, 2.24) is 25.3 Å². The average molecular weight is 294 g/mol. The second-order valence-corrected chi connectivity index (χ2v) is 4.87. The number of hydrogen-bond donors (Lipinski definition) is 1. The second kappa shape index (κ2) is 5.03. The van der Waals surface area contributed by atoms with Crippen molar-refractivity contribution in [2.24, 2.45) is 0 Å². The predicted molar refractivity (Wildman–Crippen MR) is 79.8 cm³/mol. The van der Waals surface area contributed by atoms with Crippen molar-refractivity contribution in [3.05, 3.63) is 59.9 Å². The van der Waals surface area contributed by atoms with E-state index in [1.807, 2.05) is 24.3 Å². The highest BCUT2D eigenvalue weighted by Crippen LogP contribution is 2.23. The van der Waals surface area contributed by atoms with Crippen molar-refractivity contribution in [3.8, 4) is 0 Å². The lowest BCUT2D eigenvalue weighted by Gasteiger charge is -2.09. The van der Waals surface area contributed by atoms with Crippen LogP contribution in [-0.4, -0.2) is 25.3 Å². The summed E-state index contributed by atoms with van der Waals surface area (Å²) in [5, 5.41) is 21.0. The highest BCUT2D eigenvalue weighted by atomic mass is 19.1. The maximum Gasteiger partial charge on any atom is 0.207 e. The van der Waals surface area contributed by atoms with Gasteiger partial charge in [0.05, 0.1) is 0 Å². The number of rotatable bonds is 3. The Morgan fingerprint density at radius 3 is 2.59 bits per heavy atom. The van der Waals surface area contributed by atoms with Gasteiger partial charge in [0.25, 0.3) is 0 Å². The van der Waals surface area contributed by atoms with Crippen LogP contribution in [0.5, 0.6) is 0 Å². The summed E-state index contributed by atoms with van der Waals surface area (Å²) in [5.74, 6) is 0.433. The lowest BCUT2D eigenvalue weighted by molar-refractivity contribution is 0.627. The summed E-state index contributed by atoms with van der Waals surface area (Å²) < 4.78 is 14.3. The molecule has 0 radical (unpaired) electrons. The summed E-state index contributed by atoms with van der Waals surface area (Å²) in [4.78, 5) is 0. The number of nitrogens with zero attached hydrogens (tertiary/aromatic N) is 5. The molecule has 2 heterocycles. The van der Waals surface area contributed by atoms with E-state index in [9.17, 15) is 4.39 Å². The monoisotopic (exact) mass is 294 g/mol. The summed E-state index contributed by atoms with van der Waals surface area (Å²) in [5.41, 5.74) is 1.58. The van der Waals surface area contributed by atoms with Crippen molar-refractivity contribution in [3.63, 3.8) is 0 Å². The van der Waals surface area contributed by atoms with E-state index in [1.165, 1.54) is 16.8 Å². The predicted octanol–water partition coefficient (Wildman–Crippen LogP) is 2.42. The fourth-order valence-electron chi connectivity index (χ4n) is 2.36. The van der Waals surface area contributed by atoms with Gasteiger partial charge in [-0.1, -0.05) is 36.4 Å². The van der Waals surface area contributed by atoms with Gasteiger partial charge in [-0.2, -0.15) is 0 Å². The first-order valence-corrected chi connectivity index (χ1v) is 6.77. The molecule has 0 aliphatic heterocycles. The third-order valence-corrected chi connectivity index (χ3v) is 3.44. The number of tetrazole rings is 1. The molecule has 0 aliphatic carbocycles. The maximum atomic E-state index is 12.9. The SMILES string of the molecule is Fc1ccc(CNc2nn3nnnc3c3ccccc23)cc1. The molecule has 0 amide bonds. The van der Waals surface area contributed by atoms with Crippen LogP contribution in [0.1, 0.15) is 5.56 Å². The van der Waals surface area contributed by atoms with Crippen molar-refractivity contribution in [2.75, 3.05) is 5.32 Å². The zero-order chi connectivity index (χ0) is 14.9. The zero-order valence-corrected chi connectivity index (χ0v) is 11.4. The molecule has 0 spiro atoms. The molecule has 0 saturated heterocycles. The Hall–Kier alpha value is -3.09. The molecule has 2 aromatic heterocycles. The van der Waals surface area contributed by atoms with E-state index in [1.54, 1.807) is 12.1 Å². The van der Waals surface area contributed by atoms with Crippen LogP contribution in [-0.2, 0) is 6.54 Å². The molecule has 4 aromatic rings. The molecule has 0 unspecified atom stereocenters. The number of aromatic nitrogens is 5. The number of benzene rings is 2. The van der Waals surface area contributed by atoms with Crippen LogP contribution in [0.25, 0.3) is 16.4 Å². The zero-order valence-electron chi connectivity index (χ0n) is 11.4. The van der Waals surface area contributed by atoms with E-state index in [0.29, 0.717) is 18.0 Å². The van der Waals surface area contributed by atoms with E-state index in [0.717, 1.165) is 16.3 Å². The first-order valence-electron chi connectivity index (χ1n) is 6.77. The third kappa shape index (κ3) is 2.12. The molecular weight excluding hydrogens is 283 g/mol. The minimum Gasteiger partial charge on any atom is -0.364 e. The van der Waals surface area contributed by atoms with Crippen LogP contribution in [0.3, 0.4) is 0 Å². The molecule has 0 fully saturated rings. The van der Waals surface area contributed by atoms with Crippen molar-refractivity contribution < 1.29 is 4.39 Å². The van der Waals surface area contributed by atoms with Crippen LogP contribution < -0.4 is 5.32 Å². The normalized spacial score (nSPS) is 11.1. The lowest BCUT2D eigenvalue weighted by atomic mass is 10.1. The minimum absolute atomic E-state index is 0.248. The van der Waals surface area contributed by atoms with Crippen molar-refractivity contribution >= 4 is 22.2 Å². The molecule has 0 saturated carbocycles. The molecule has 0 bridgehead atoms. The Labute approximate surface area is 124 Å². The minimum atomic E-state index is -0.248. The molecule has 2 aromatic carbocycles. The van der Waals surface area contributed by atoms with E-state index >= 15 is 0 Å². The van der Waals surface area contributed by atoms with Crippen molar-refractivity contribution in [1.29, 1.82) is 0 Å². The molecule has 0 atom stereocenters. The number of hydrogen-bond acceptors (Lipinski definition) is 5. The summed E-state index contributed by atoms with van der Waals surface area (Å²) in [6.07, 6.45) is 0. The Balaban J connectivity index is 1.74. The Bertz CT molecular complexity index is 947. The fourth-order valence-corrected chi connectivity index (χ4v) is 2.36. The third-order valence-electron chi connectivity index (χ3n) is 3.44. The standard InChI is InChI=1S/C15H11FN6/c16-11-7-5-10(6-8-11)9-17-14-12-3-1-2-4-13(12)15-18-20-21-22(15)19-14/h1-8H,9H2,(H,17,19). The average Bonchev–Trinajstić information content (AvgIpc) is 3.03. The first-order chi connectivity index (χ1) is 10.8. The second-order valence-electron chi connectivity index (χ2n) is 4.87. The topological polar surface area (TPSA) is 68.0 Å². The molecule has 0 aliphatic rings. The van der Waals surface area contributed by atoms with Crippen LogP contribution in [0.4, 0.5) is 10.2 Å².